The van der Waals surface area contributed by atoms with Gasteiger partial charge in [0.15, 0.2) is 5.13 Å². The average Bonchev–Trinajstić information content (AvgIpc) is 3.33. The number of aromatic nitrogens is 1. The maximum Gasteiger partial charge on any atom is 0.416 e. The fourth-order valence-electron chi connectivity index (χ4n) is 2.59. The standard InChI is InChI=1S/C18H18F3N3O2S/c1-11-8-22-17(27-11)23-15(25)10-24(9-12-5-6-12)16(26)13-3-2-4-14(7-13)18(19,20)21/h2-4,7-8,12H,5-6,9-10H2,1H3,(H,22,23,25). The number of carbonyl (C=O) groups is 2. The van der Waals surface area contributed by atoms with Gasteiger partial charge >= 0.3 is 6.18 Å². The Labute approximate surface area is 158 Å². The van der Waals surface area contributed by atoms with Crippen LogP contribution in [0.15, 0.2) is 30.5 Å². The van der Waals surface area contributed by atoms with Gasteiger partial charge in [-0.05, 0) is 43.9 Å². The number of amides is 2. The summed E-state index contributed by atoms with van der Waals surface area (Å²) in [7, 11) is 0. The van der Waals surface area contributed by atoms with E-state index in [1.807, 2.05) is 6.92 Å². The van der Waals surface area contributed by atoms with Gasteiger partial charge in [-0.15, -0.1) is 11.3 Å². The molecule has 3 rings (SSSR count). The summed E-state index contributed by atoms with van der Waals surface area (Å²) in [4.78, 5) is 31.3. The van der Waals surface area contributed by atoms with E-state index in [1.165, 1.54) is 28.4 Å². The minimum atomic E-state index is -4.53. The van der Waals surface area contributed by atoms with Crippen molar-refractivity contribution in [1.29, 1.82) is 0 Å². The van der Waals surface area contributed by atoms with Crippen molar-refractivity contribution in [3.8, 4) is 0 Å². The molecular formula is C18H18F3N3O2S. The van der Waals surface area contributed by atoms with E-state index < -0.39 is 23.6 Å². The van der Waals surface area contributed by atoms with Crippen LogP contribution < -0.4 is 5.32 Å². The number of thiazole rings is 1. The molecule has 1 aliphatic rings. The molecule has 0 aliphatic heterocycles. The van der Waals surface area contributed by atoms with Gasteiger partial charge in [-0.2, -0.15) is 13.2 Å². The largest absolute Gasteiger partial charge is 0.416 e. The molecule has 2 amide bonds. The molecule has 144 valence electrons. The van der Waals surface area contributed by atoms with E-state index in [1.54, 1.807) is 6.20 Å². The number of rotatable bonds is 6. The van der Waals surface area contributed by atoms with E-state index in [-0.39, 0.29) is 18.0 Å². The maximum absolute atomic E-state index is 12.9. The molecule has 0 spiro atoms. The first kappa shape index (κ1) is 19.3. The highest BCUT2D eigenvalue weighted by Crippen LogP contribution is 2.32. The first-order valence-electron chi connectivity index (χ1n) is 8.41. The predicted octanol–water partition coefficient (Wildman–Crippen LogP) is 3.96. The predicted molar refractivity (Wildman–Crippen MR) is 95.6 cm³/mol. The molecule has 1 N–H and O–H groups in total. The topological polar surface area (TPSA) is 62.3 Å². The number of hydrogen-bond donors (Lipinski definition) is 1. The average molecular weight is 397 g/mol. The lowest BCUT2D eigenvalue weighted by molar-refractivity contribution is -0.137. The second kappa shape index (κ2) is 7.67. The smallest absolute Gasteiger partial charge is 0.329 e. The van der Waals surface area contributed by atoms with Gasteiger partial charge in [0.25, 0.3) is 5.91 Å². The van der Waals surface area contributed by atoms with Crippen LogP contribution in [0.2, 0.25) is 0 Å². The van der Waals surface area contributed by atoms with Crippen LogP contribution >= 0.6 is 11.3 Å². The lowest BCUT2D eigenvalue weighted by Gasteiger charge is -2.22. The van der Waals surface area contributed by atoms with E-state index in [9.17, 15) is 22.8 Å². The molecule has 0 atom stereocenters. The van der Waals surface area contributed by atoms with Crippen LogP contribution in [0.3, 0.4) is 0 Å². The Hall–Kier alpha value is -2.42. The summed E-state index contributed by atoms with van der Waals surface area (Å²) < 4.78 is 38.7. The molecule has 27 heavy (non-hydrogen) atoms. The molecule has 9 heteroatoms. The van der Waals surface area contributed by atoms with E-state index in [4.69, 9.17) is 0 Å². The highest BCUT2D eigenvalue weighted by molar-refractivity contribution is 7.15. The van der Waals surface area contributed by atoms with Gasteiger partial charge in [0.2, 0.25) is 5.91 Å². The highest BCUT2D eigenvalue weighted by Gasteiger charge is 2.32. The van der Waals surface area contributed by atoms with Crippen LogP contribution in [0, 0.1) is 12.8 Å². The number of nitrogens with zero attached hydrogens (tertiary/aromatic N) is 2. The Bertz CT molecular complexity index is 846. The molecule has 1 aromatic carbocycles. The first-order valence-corrected chi connectivity index (χ1v) is 9.23. The number of benzene rings is 1. The molecular weight excluding hydrogens is 379 g/mol. The number of alkyl halides is 3. The lowest BCUT2D eigenvalue weighted by Crippen LogP contribution is -2.39. The second-order valence-electron chi connectivity index (χ2n) is 6.53. The number of halogens is 3. The Morgan fingerprint density at radius 1 is 1.33 bits per heavy atom. The summed E-state index contributed by atoms with van der Waals surface area (Å²) in [6.45, 7) is 1.97. The molecule has 0 saturated heterocycles. The summed E-state index contributed by atoms with van der Waals surface area (Å²) in [5.41, 5.74) is -0.967. The van der Waals surface area contributed by atoms with E-state index in [2.05, 4.69) is 10.3 Å². The van der Waals surface area contributed by atoms with Crippen molar-refractivity contribution in [3.05, 3.63) is 46.5 Å². The molecule has 0 radical (unpaired) electrons. The third-order valence-corrected chi connectivity index (χ3v) is 4.93. The minimum absolute atomic E-state index is 0.0802. The van der Waals surface area contributed by atoms with Crippen LogP contribution in [0.1, 0.15) is 33.6 Å². The second-order valence-corrected chi connectivity index (χ2v) is 7.77. The maximum atomic E-state index is 12.9. The van der Waals surface area contributed by atoms with Crippen molar-refractivity contribution in [2.24, 2.45) is 5.92 Å². The number of hydrogen-bond acceptors (Lipinski definition) is 4. The van der Waals surface area contributed by atoms with Gasteiger partial charge in [-0.1, -0.05) is 6.07 Å². The van der Waals surface area contributed by atoms with Crippen molar-refractivity contribution in [3.63, 3.8) is 0 Å². The third kappa shape index (κ3) is 5.29. The highest BCUT2D eigenvalue weighted by atomic mass is 32.1. The van der Waals surface area contributed by atoms with Crippen molar-refractivity contribution >= 4 is 28.3 Å². The van der Waals surface area contributed by atoms with E-state index in [0.29, 0.717) is 11.7 Å². The first-order chi connectivity index (χ1) is 12.7. The molecule has 5 nitrogen and oxygen atoms in total. The number of aryl methyl sites for hydroxylation is 1. The van der Waals surface area contributed by atoms with Gasteiger partial charge < -0.3 is 10.2 Å². The molecule has 2 aromatic rings. The number of carbonyl (C=O) groups excluding carboxylic acids is 2. The van der Waals surface area contributed by atoms with E-state index >= 15 is 0 Å². The molecule has 1 saturated carbocycles. The van der Waals surface area contributed by atoms with Crippen molar-refractivity contribution in [1.82, 2.24) is 9.88 Å². The number of anilines is 1. The van der Waals surface area contributed by atoms with Gasteiger partial charge in [0, 0.05) is 23.2 Å². The molecule has 1 aliphatic carbocycles. The quantitative estimate of drug-likeness (QED) is 0.803. The normalized spacial score (nSPS) is 14.1. The Morgan fingerprint density at radius 3 is 2.67 bits per heavy atom. The summed E-state index contributed by atoms with van der Waals surface area (Å²) in [5.74, 6) is -0.724. The Balaban J connectivity index is 1.73. The molecule has 1 heterocycles. The van der Waals surface area contributed by atoms with E-state index in [0.717, 1.165) is 29.9 Å². The van der Waals surface area contributed by atoms with Gasteiger partial charge in [0.05, 0.1) is 5.56 Å². The zero-order chi connectivity index (χ0) is 19.6. The fourth-order valence-corrected chi connectivity index (χ4v) is 3.27. The molecule has 0 bridgehead atoms. The van der Waals surface area contributed by atoms with Crippen LogP contribution in [0.4, 0.5) is 18.3 Å². The minimum Gasteiger partial charge on any atom is -0.329 e. The van der Waals surface area contributed by atoms with Crippen LogP contribution in [-0.2, 0) is 11.0 Å². The monoisotopic (exact) mass is 397 g/mol. The van der Waals surface area contributed by atoms with Crippen LogP contribution in [0.5, 0.6) is 0 Å². The third-order valence-electron chi connectivity index (χ3n) is 4.10. The summed E-state index contributed by atoms with van der Waals surface area (Å²) >= 11 is 1.31. The Kier molecular flexibility index (Phi) is 5.50. The van der Waals surface area contributed by atoms with Gasteiger partial charge in [-0.3, -0.25) is 9.59 Å². The van der Waals surface area contributed by atoms with Crippen molar-refractivity contribution in [2.75, 3.05) is 18.4 Å². The van der Waals surface area contributed by atoms with Crippen molar-refractivity contribution in [2.45, 2.75) is 25.9 Å². The lowest BCUT2D eigenvalue weighted by atomic mass is 10.1. The van der Waals surface area contributed by atoms with Crippen molar-refractivity contribution < 1.29 is 22.8 Å². The van der Waals surface area contributed by atoms with Crippen LogP contribution in [-0.4, -0.2) is 34.8 Å². The molecule has 0 unspecified atom stereocenters. The molecule has 1 aromatic heterocycles. The zero-order valence-corrected chi connectivity index (χ0v) is 15.4. The Morgan fingerprint density at radius 2 is 2.07 bits per heavy atom. The van der Waals surface area contributed by atoms with Crippen LogP contribution in [0.25, 0.3) is 0 Å². The zero-order valence-electron chi connectivity index (χ0n) is 14.5. The summed E-state index contributed by atoms with van der Waals surface area (Å²) in [6.07, 6.45) is -1.02. The van der Waals surface area contributed by atoms with Gasteiger partial charge in [-0.25, -0.2) is 4.98 Å². The SMILES string of the molecule is Cc1cnc(NC(=O)CN(CC2CC2)C(=O)c2cccc(C(F)(F)F)c2)s1. The fraction of sp³-hybridized carbons (Fsp3) is 0.389. The summed E-state index contributed by atoms with van der Waals surface area (Å²) in [5, 5.41) is 3.05. The molecule has 1 fully saturated rings. The van der Waals surface area contributed by atoms with Gasteiger partial charge in [0.1, 0.15) is 6.54 Å². The summed E-state index contributed by atoms with van der Waals surface area (Å²) in [6, 6.07) is 4.27. The number of nitrogens with one attached hydrogen (secondary N) is 1.